The lowest BCUT2D eigenvalue weighted by Crippen LogP contribution is -2.15. The maximum Gasteiger partial charge on any atom is 0.0823 e. The summed E-state index contributed by atoms with van der Waals surface area (Å²) in [4.78, 5) is 9.98. The van der Waals surface area contributed by atoms with Crippen molar-refractivity contribution in [2.45, 2.75) is 17.7 Å². The number of halogens is 1. The van der Waals surface area contributed by atoms with Crippen molar-refractivity contribution in [3.63, 3.8) is 0 Å². The fraction of sp³-hybridized carbons (Fsp3) is 1.00. The predicted molar refractivity (Wildman–Crippen MR) is 51.2 cm³/mol. The first-order chi connectivity index (χ1) is 5.39. The second-order valence-electron chi connectivity index (χ2n) is 2.49. The standard InChI is InChI=1S/C4H8O2.C3H5BrS/c1-2-4-6-5-3-1;4-3-1-5-2-3/h1-4H2;3H,1-2H2. The van der Waals surface area contributed by atoms with E-state index >= 15 is 0 Å². The van der Waals surface area contributed by atoms with Crippen LogP contribution in [0.15, 0.2) is 0 Å². The highest BCUT2D eigenvalue weighted by Gasteiger charge is 2.12. The van der Waals surface area contributed by atoms with Crippen LogP contribution in [-0.4, -0.2) is 29.5 Å². The van der Waals surface area contributed by atoms with Crippen molar-refractivity contribution in [2.24, 2.45) is 0 Å². The molecule has 4 heteroatoms. The van der Waals surface area contributed by atoms with E-state index < -0.39 is 0 Å². The Morgan fingerprint density at radius 2 is 1.55 bits per heavy atom. The summed E-state index contributed by atoms with van der Waals surface area (Å²) < 4.78 is 0. The van der Waals surface area contributed by atoms with Crippen LogP contribution in [-0.2, 0) is 9.78 Å². The molecule has 66 valence electrons. The van der Waals surface area contributed by atoms with Gasteiger partial charge in [0.15, 0.2) is 0 Å². The molecule has 2 saturated heterocycles. The summed E-state index contributed by atoms with van der Waals surface area (Å²) in [5.41, 5.74) is 0. The van der Waals surface area contributed by atoms with Crippen LogP contribution in [0.2, 0.25) is 0 Å². The van der Waals surface area contributed by atoms with Gasteiger partial charge in [0.2, 0.25) is 0 Å². The van der Waals surface area contributed by atoms with Gasteiger partial charge in [-0.05, 0) is 12.8 Å². The Bertz CT molecular complexity index is 82.9. The molecule has 2 fully saturated rings. The molecule has 2 rings (SSSR count). The Kier molecular flexibility index (Phi) is 5.62. The Morgan fingerprint density at radius 1 is 1.09 bits per heavy atom. The van der Waals surface area contributed by atoms with Crippen LogP contribution < -0.4 is 0 Å². The molecule has 0 atom stereocenters. The minimum atomic E-state index is 0.778. The highest BCUT2D eigenvalue weighted by Crippen LogP contribution is 2.23. The third-order valence-corrected chi connectivity index (χ3v) is 4.17. The van der Waals surface area contributed by atoms with E-state index in [9.17, 15) is 0 Å². The largest absolute Gasteiger partial charge is 0.237 e. The van der Waals surface area contributed by atoms with Gasteiger partial charge >= 0.3 is 0 Å². The van der Waals surface area contributed by atoms with Gasteiger partial charge in [0, 0.05) is 16.3 Å². The van der Waals surface area contributed by atoms with Crippen LogP contribution in [0.4, 0.5) is 0 Å². The molecule has 11 heavy (non-hydrogen) atoms. The zero-order chi connectivity index (χ0) is 7.94. The molecular formula is C7H13BrO2S. The zero-order valence-corrected chi connectivity index (χ0v) is 8.83. The van der Waals surface area contributed by atoms with E-state index in [2.05, 4.69) is 25.7 Å². The van der Waals surface area contributed by atoms with Gasteiger partial charge in [-0.3, -0.25) is 0 Å². The van der Waals surface area contributed by atoms with Gasteiger partial charge in [-0.2, -0.15) is 11.8 Å². The van der Waals surface area contributed by atoms with Crippen LogP contribution in [0.1, 0.15) is 12.8 Å². The van der Waals surface area contributed by atoms with E-state index in [1.54, 1.807) is 0 Å². The topological polar surface area (TPSA) is 18.5 Å². The molecule has 2 heterocycles. The van der Waals surface area contributed by atoms with E-state index in [0.717, 1.165) is 30.9 Å². The molecule has 0 spiro atoms. The summed E-state index contributed by atoms with van der Waals surface area (Å²) in [6.07, 6.45) is 2.31. The summed E-state index contributed by atoms with van der Waals surface area (Å²) in [6.45, 7) is 1.56. The zero-order valence-electron chi connectivity index (χ0n) is 6.42. The van der Waals surface area contributed by atoms with E-state index in [4.69, 9.17) is 0 Å². The van der Waals surface area contributed by atoms with Crippen LogP contribution in [0.3, 0.4) is 0 Å². The summed E-state index contributed by atoms with van der Waals surface area (Å²) in [6, 6.07) is 0. The summed E-state index contributed by atoms with van der Waals surface area (Å²) >= 11 is 5.44. The van der Waals surface area contributed by atoms with Crippen LogP contribution >= 0.6 is 27.7 Å². The molecule has 2 aliphatic heterocycles. The number of hydrogen-bond acceptors (Lipinski definition) is 3. The molecule has 0 amide bonds. The third-order valence-electron chi connectivity index (χ3n) is 1.39. The summed E-state index contributed by atoms with van der Waals surface area (Å²) in [7, 11) is 0. The van der Waals surface area contributed by atoms with Crippen molar-refractivity contribution in [1.29, 1.82) is 0 Å². The van der Waals surface area contributed by atoms with Gasteiger partial charge in [0.05, 0.1) is 13.2 Å². The fourth-order valence-corrected chi connectivity index (χ4v) is 2.18. The average molecular weight is 241 g/mol. The molecule has 0 aromatic heterocycles. The number of hydrogen-bond donors (Lipinski definition) is 0. The Hall–Kier alpha value is 0.750. The second-order valence-corrected chi connectivity index (χ2v) is 4.86. The first-order valence-electron chi connectivity index (χ1n) is 3.86. The Balaban J connectivity index is 0.000000112. The third kappa shape index (κ3) is 5.06. The van der Waals surface area contributed by atoms with E-state index in [1.165, 1.54) is 11.5 Å². The lowest BCUT2D eigenvalue weighted by atomic mass is 10.3. The number of rotatable bonds is 0. The first-order valence-corrected chi connectivity index (χ1v) is 5.93. The fourth-order valence-electron chi connectivity index (χ4n) is 0.647. The minimum absolute atomic E-state index is 0.778. The van der Waals surface area contributed by atoms with Crippen molar-refractivity contribution in [2.75, 3.05) is 24.7 Å². The predicted octanol–water partition coefficient (Wildman–Crippen LogP) is 2.23. The summed E-state index contributed by atoms with van der Waals surface area (Å²) in [5.74, 6) is 2.64. The molecular weight excluding hydrogens is 228 g/mol. The van der Waals surface area contributed by atoms with Gasteiger partial charge in [0.1, 0.15) is 0 Å². The molecule has 0 radical (unpaired) electrons. The average Bonchev–Trinajstić information content (AvgIpc) is 2.05. The molecule has 0 N–H and O–H groups in total. The smallest absolute Gasteiger partial charge is 0.0823 e. The maximum atomic E-state index is 4.57. The molecule has 2 nitrogen and oxygen atoms in total. The maximum absolute atomic E-state index is 4.57. The van der Waals surface area contributed by atoms with Gasteiger partial charge < -0.3 is 0 Å². The summed E-state index contributed by atoms with van der Waals surface area (Å²) in [5, 5.41) is 0. The molecule has 0 bridgehead atoms. The molecule has 0 saturated carbocycles. The van der Waals surface area contributed by atoms with Crippen LogP contribution in [0.5, 0.6) is 0 Å². The van der Waals surface area contributed by atoms with E-state index in [0.29, 0.717) is 0 Å². The van der Waals surface area contributed by atoms with Gasteiger partial charge in [-0.15, -0.1) is 0 Å². The molecule has 0 aromatic carbocycles. The SMILES string of the molecule is BrC1CSC1.C1CCOOC1. The van der Waals surface area contributed by atoms with Crippen molar-refractivity contribution in [3.8, 4) is 0 Å². The first kappa shape index (κ1) is 9.84. The van der Waals surface area contributed by atoms with Crippen LogP contribution in [0, 0.1) is 0 Å². The molecule has 0 unspecified atom stereocenters. The van der Waals surface area contributed by atoms with Crippen molar-refractivity contribution >= 4 is 27.7 Å². The number of thioether (sulfide) groups is 1. The number of alkyl halides is 1. The minimum Gasteiger partial charge on any atom is -0.237 e. The molecule has 2 aliphatic rings. The van der Waals surface area contributed by atoms with E-state index in [1.807, 2.05) is 11.8 Å². The normalized spacial score (nSPS) is 24.8. The highest BCUT2D eigenvalue weighted by atomic mass is 79.9. The highest BCUT2D eigenvalue weighted by molar-refractivity contribution is 9.09. The van der Waals surface area contributed by atoms with Gasteiger partial charge in [0.25, 0.3) is 0 Å². The van der Waals surface area contributed by atoms with E-state index in [-0.39, 0.29) is 0 Å². The molecule has 0 aromatic rings. The lowest BCUT2D eigenvalue weighted by molar-refractivity contribution is -0.312. The van der Waals surface area contributed by atoms with Crippen molar-refractivity contribution < 1.29 is 9.78 Å². The van der Waals surface area contributed by atoms with Gasteiger partial charge in [-0.25, -0.2) is 9.78 Å². The Morgan fingerprint density at radius 3 is 1.64 bits per heavy atom. The molecule has 0 aliphatic carbocycles. The van der Waals surface area contributed by atoms with Crippen molar-refractivity contribution in [1.82, 2.24) is 0 Å². The second kappa shape index (κ2) is 6.29. The quantitative estimate of drug-likeness (QED) is 0.478. The monoisotopic (exact) mass is 240 g/mol. The lowest BCUT2D eigenvalue weighted by Gasteiger charge is -2.16. The Labute approximate surface area is 80.1 Å². The van der Waals surface area contributed by atoms with Gasteiger partial charge in [-0.1, -0.05) is 15.9 Å². The van der Waals surface area contributed by atoms with Crippen LogP contribution in [0.25, 0.3) is 0 Å². The van der Waals surface area contributed by atoms with Crippen molar-refractivity contribution in [3.05, 3.63) is 0 Å².